The summed E-state index contributed by atoms with van der Waals surface area (Å²) in [5.41, 5.74) is 2.25. The van der Waals surface area contributed by atoms with Gasteiger partial charge in [-0.2, -0.15) is 8.42 Å². The van der Waals surface area contributed by atoms with Crippen LogP contribution >= 0.6 is 0 Å². The Balaban J connectivity index is 0.000000294. The molecule has 1 aliphatic rings. The first-order valence-electron chi connectivity index (χ1n) is 11.0. The lowest BCUT2D eigenvalue weighted by Crippen LogP contribution is -2.51. The number of likely N-dealkylation sites (N-methyl/N-ethyl adjacent to an activating group) is 2. The van der Waals surface area contributed by atoms with E-state index in [1.165, 1.54) is 31.9 Å². The van der Waals surface area contributed by atoms with E-state index in [0.717, 1.165) is 18.4 Å². The Kier molecular flexibility index (Phi) is 9.34. The van der Waals surface area contributed by atoms with Crippen molar-refractivity contribution in [3.8, 4) is 0 Å². The molecule has 1 aliphatic carbocycles. The summed E-state index contributed by atoms with van der Waals surface area (Å²) in [6.45, 7) is 3.38. The van der Waals surface area contributed by atoms with Gasteiger partial charge in [0.1, 0.15) is 0 Å². The maximum Gasteiger partial charge on any atom is 0.294 e. The van der Waals surface area contributed by atoms with Crippen LogP contribution in [0.5, 0.6) is 0 Å². The topological polar surface area (TPSA) is 95.0 Å². The number of Topliss-reactive ketones (excluding diaryl/α,β-unsaturated/α-hetero) is 1. The Morgan fingerprint density at radius 2 is 1.33 bits per heavy atom. The predicted molar refractivity (Wildman–Crippen MR) is 129 cm³/mol. The number of carbonyl (C=O) groups excluding carboxylic acids is 2. The highest BCUT2D eigenvalue weighted by Crippen LogP contribution is 2.26. The molecule has 8 heteroatoms. The zero-order chi connectivity index (χ0) is 24.8. The second-order valence-electron chi connectivity index (χ2n) is 8.72. The van der Waals surface area contributed by atoms with Crippen molar-refractivity contribution in [2.45, 2.75) is 56.5 Å². The van der Waals surface area contributed by atoms with Gasteiger partial charge in [-0.3, -0.25) is 14.1 Å². The SMILES string of the molecule is CC(=O)c1ccc(C(=O)N(C)[C@@H]2CCCC[C@H]2N(C)C)cc1.Cc1ccc(S(=O)(=O)O)cc1. The summed E-state index contributed by atoms with van der Waals surface area (Å²) in [7, 11) is 2.05. The van der Waals surface area contributed by atoms with Crippen LogP contribution in [0.1, 0.15) is 58.9 Å². The third-order valence-corrected chi connectivity index (χ3v) is 6.90. The molecule has 33 heavy (non-hydrogen) atoms. The molecule has 3 rings (SSSR count). The van der Waals surface area contributed by atoms with Gasteiger partial charge in [-0.05, 0) is 65.0 Å². The fourth-order valence-electron chi connectivity index (χ4n) is 4.06. The van der Waals surface area contributed by atoms with Crippen LogP contribution in [0.2, 0.25) is 0 Å². The third-order valence-electron chi connectivity index (χ3n) is 6.03. The average molecular weight is 475 g/mol. The fraction of sp³-hybridized carbons (Fsp3) is 0.440. The summed E-state index contributed by atoms with van der Waals surface area (Å²) >= 11 is 0. The van der Waals surface area contributed by atoms with Gasteiger partial charge in [-0.1, -0.05) is 42.7 Å². The zero-order valence-corrected chi connectivity index (χ0v) is 20.8. The Bertz CT molecular complexity index is 1050. The van der Waals surface area contributed by atoms with Gasteiger partial charge in [0.15, 0.2) is 5.78 Å². The lowest BCUT2D eigenvalue weighted by atomic mass is 9.88. The van der Waals surface area contributed by atoms with E-state index in [9.17, 15) is 18.0 Å². The number of ketones is 1. The lowest BCUT2D eigenvalue weighted by molar-refractivity contribution is 0.0544. The first-order valence-corrected chi connectivity index (χ1v) is 12.4. The first kappa shape index (κ1) is 26.7. The number of amides is 1. The number of benzene rings is 2. The van der Waals surface area contributed by atoms with Gasteiger partial charge in [0.05, 0.1) is 4.90 Å². The summed E-state index contributed by atoms with van der Waals surface area (Å²) in [4.78, 5) is 28.1. The maximum atomic E-state index is 12.7. The lowest BCUT2D eigenvalue weighted by Gasteiger charge is -2.41. The maximum absolute atomic E-state index is 12.7. The molecule has 0 bridgehead atoms. The molecule has 7 nitrogen and oxygen atoms in total. The van der Waals surface area contributed by atoms with E-state index in [0.29, 0.717) is 17.2 Å². The average Bonchev–Trinajstić information content (AvgIpc) is 2.78. The number of aryl methyl sites for hydroxylation is 1. The van der Waals surface area contributed by atoms with Crippen molar-refractivity contribution in [2.75, 3.05) is 21.1 Å². The minimum absolute atomic E-state index is 0.0207. The second-order valence-corrected chi connectivity index (χ2v) is 10.1. The van der Waals surface area contributed by atoms with Crippen LogP contribution in [-0.2, 0) is 10.1 Å². The summed E-state index contributed by atoms with van der Waals surface area (Å²) in [5.74, 6) is 0.0566. The van der Waals surface area contributed by atoms with Crippen LogP contribution in [0.4, 0.5) is 0 Å². The van der Waals surface area contributed by atoms with Crippen molar-refractivity contribution >= 4 is 21.8 Å². The highest BCUT2D eigenvalue weighted by Gasteiger charge is 2.32. The quantitative estimate of drug-likeness (QED) is 0.518. The van der Waals surface area contributed by atoms with Crippen LogP contribution < -0.4 is 0 Å². The van der Waals surface area contributed by atoms with E-state index in [-0.39, 0.29) is 22.6 Å². The Morgan fingerprint density at radius 3 is 1.79 bits per heavy atom. The van der Waals surface area contributed by atoms with Gasteiger partial charge in [-0.25, -0.2) is 0 Å². The van der Waals surface area contributed by atoms with E-state index in [1.54, 1.807) is 36.4 Å². The van der Waals surface area contributed by atoms with Crippen molar-refractivity contribution in [1.82, 2.24) is 9.80 Å². The number of hydrogen-bond acceptors (Lipinski definition) is 5. The molecule has 1 amide bonds. The van der Waals surface area contributed by atoms with Crippen molar-refractivity contribution < 1.29 is 22.6 Å². The first-order chi connectivity index (χ1) is 15.4. The molecule has 180 valence electrons. The van der Waals surface area contributed by atoms with Crippen molar-refractivity contribution in [2.24, 2.45) is 0 Å². The zero-order valence-electron chi connectivity index (χ0n) is 20.0. The van der Waals surface area contributed by atoms with Crippen LogP contribution in [0.15, 0.2) is 53.4 Å². The van der Waals surface area contributed by atoms with E-state index < -0.39 is 10.1 Å². The molecule has 1 fully saturated rings. The summed E-state index contributed by atoms with van der Waals surface area (Å²) < 4.78 is 29.6. The standard InChI is InChI=1S/C18H26N2O2.C7H8O3S/c1-13(21)14-9-11-15(12-10-14)18(22)20(4)17-8-6-5-7-16(17)19(2)3;1-6-2-4-7(5-3-6)11(8,9)10/h9-12,16-17H,5-8H2,1-4H3;2-5H,1H3,(H,8,9,10)/t16-,17-;/m1./s1. The van der Waals surface area contributed by atoms with Crippen LogP contribution in [0.25, 0.3) is 0 Å². The monoisotopic (exact) mass is 474 g/mol. The van der Waals surface area contributed by atoms with E-state index in [2.05, 4.69) is 19.0 Å². The molecule has 2 aromatic carbocycles. The fourth-order valence-corrected chi connectivity index (χ4v) is 4.54. The molecule has 0 heterocycles. The predicted octanol–water partition coefficient (Wildman–Crippen LogP) is 4.08. The molecule has 0 unspecified atom stereocenters. The number of rotatable bonds is 5. The summed E-state index contributed by atoms with van der Waals surface area (Å²) in [6, 6.07) is 13.6. The van der Waals surface area contributed by atoms with Crippen LogP contribution in [0, 0.1) is 6.92 Å². The van der Waals surface area contributed by atoms with Crippen molar-refractivity contribution in [3.63, 3.8) is 0 Å². The van der Waals surface area contributed by atoms with Gasteiger partial charge in [0, 0.05) is 30.3 Å². The minimum atomic E-state index is -4.02. The molecule has 2 atom stereocenters. The summed E-state index contributed by atoms with van der Waals surface area (Å²) in [5, 5.41) is 0. The van der Waals surface area contributed by atoms with Gasteiger partial charge in [-0.15, -0.1) is 0 Å². The number of carbonyl (C=O) groups is 2. The highest BCUT2D eigenvalue weighted by atomic mass is 32.2. The molecule has 2 aromatic rings. The molecule has 0 aromatic heterocycles. The second kappa shape index (κ2) is 11.5. The van der Waals surface area contributed by atoms with Crippen molar-refractivity contribution in [1.29, 1.82) is 0 Å². The van der Waals surface area contributed by atoms with Gasteiger partial charge < -0.3 is 9.80 Å². The molecule has 0 spiro atoms. The smallest absolute Gasteiger partial charge is 0.294 e. The van der Waals surface area contributed by atoms with Crippen LogP contribution in [-0.4, -0.2) is 67.7 Å². The normalized spacial score (nSPS) is 18.3. The number of nitrogens with zero attached hydrogens (tertiary/aromatic N) is 2. The Morgan fingerprint density at radius 1 is 0.848 bits per heavy atom. The van der Waals surface area contributed by atoms with E-state index >= 15 is 0 Å². The molecule has 0 radical (unpaired) electrons. The Hall–Kier alpha value is -2.55. The molecule has 0 aliphatic heterocycles. The van der Waals surface area contributed by atoms with E-state index in [4.69, 9.17) is 4.55 Å². The molecular formula is C25H34N2O5S. The minimum Gasteiger partial charge on any atom is -0.337 e. The number of hydrogen-bond donors (Lipinski definition) is 1. The van der Waals surface area contributed by atoms with E-state index in [1.807, 2.05) is 18.9 Å². The molecule has 1 saturated carbocycles. The molecular weight excluding hydrogens is 440 g/mol. The van der Waals surface area contributed by atoms with Gasteiger partial charge in [0.2, 0.25) is 0 Å². The highest BCUT2D eigenvalue weighted by molar-refractivity contribution is 7.85. The van der Waals surface area contributed by atoms with Gasteiger partial charge in [0.25, 0.3) is 16.0 Å². The van der Waals surface area contributed by atoms with Gasteiger partial charge >= 0.3 is 0 Å². The van der Waals surface area contributed by atoms with Crippen molar-refractivity contribution in [3.05, 3.63) is 65.2 Å². The third kappa shape index (κ3) is 7.48. The van der Waals surface area contributed by atoms with Crippen LogP contribution in [0.3, 0.4) is 0 Å². The summed E-state index contributed by atoms with van der Waals surface area (Å²) in [6.07, 6.45) is 4.60. The largest absolute Gasteiger partial charge is 0.337 e. The molecule has 1 N–H and O–H groups in total. The Labute approximate surface area is 197 Å². The molecule has 0 saturated heterocycles.